The minimum absolute atomic E-state index is 0.0646. The predicted molar refractivity (Wildman–Crippen MR) is 62.3 cm³/mol. The quantitative estimate of drug-likeness (QED) is 0.417. The molecule has 0 aromatic carbocycles. The highest BCUT2D eigenvalue weighted by atomic mass is 16.5. The average molecular weight is 238 g/mol. The molecular formula is C11H18N4O2. The third-order valence-electron chi connectivity index (χ3n) is 3.67. The molecule has 1 heterocycles. The molecule has 2 rings (SSSR count). The van der Waals surface area contributed by atoms with Gasteiger partial charge in [0.1, 0.15) is 6.54 Å². The lowest BCUT2D eigenvalue weighted by Gasteiger charge is -2.37. The van der Waals surface area contributed by atoms with E-state index in [0.717, 1.165) is 19.4 Å². The summed E-state index contributed by atoms with van der Waals surface area (Å²) >= 11 is 0. The Morgan fingerprint density at radius 2 is 2.29 bits per heavy atom. The molecule has 6 heteroatoms. The summed E-state index contributed by atoms with van der Waals surface area (Å²) in [6.07, 6.45) is 4.58. The summed E-state index contributed by atoms with van der Waals surface area (Å²) < 4.78 is 5.55. The fourth-order valence-electron chi connectivity index (χ4n) is 2.85. The van der Waals surface area contributed by atoms with Crippen molar-refractivity contribution in [3.05, 3.63) is 10.4 Å². The van der Waals surface area contributed by atoms with E-state index in [1.165, 1.54) is 12.8 Å². The van der Waals surface area contributed by atoms with Crippen LogP contribution in [-0.4, -0.2) is 43.2 Å². The first-order valence-electron chi connectivity index (χ1n) is 6.21. The molecule has 1 amide bonds. The first-order chi connectivity index (χ1) is 8.33. The Balaban J connectivity index is 2.06. The number of amides is 1. The third kappa shape index (κ3) is 2.90. The van der Waals surface area contributed by atoms with Crippen LogP contribution < -0.4 is 0 Å². The second kappa shape index (κ2) is 5.89. The van der Waals surface area contributed by atoms with Crippen LogP contribution in [-0.2, 0) is 9.53 Å². The summed E-state index contributed by atoms with van der Waals surface area (Å²) in [5.74, 6) is 0.395. The molecule has 2 fully saturated rings. The molecule has 0 spiro atoms. The molecule has 94 valence electrons. The maximum Gasteiger partial charge on any atom is 0.228 e. The zero-order chi connectivity index (χ0) is 12.1. The Bertz CT molecular complexity index is 327. The number of rotatable bonds is 2. The van der Waals surface area contributed by atoms with E-state index in [2.05, 4.69) is 10.0 Å². The van der Waals surface area contributed by atoms with Crippen LogP contribution in [0.5, 0.6) is 0 Å². The molecule has 1 saturated carbocycles. The van der Waals surface area contributed by atoms with Crippen LogP contribution in [0, 0.1) is 5.92 Å². The van der Waals surface area contributed by atoms with Gasteiger partial charge in [-0.25, -0.2) is 0 Å². The second-order valence-corrected chi connectivity index (χ2v) is 4.66. The molecule has 0 bridgehead atoms. The summed E-state index contributed by atoms with van der Waals surface area (Å²) in [6.45, 7) is 1.91. The number of hydrogen-bond acceptors (Lipinski definition) is 3. The fraction of sp³-hybridized carbons (Fsp3) is 0.909. The standard InChI is InChI=1S/C11H18N4O2/c12-14-13-7-11(16)15-5-6-17-8-9-3-1-2-4-10(9)15/h9-10H,1-8H2/t9-,10-/m1/s1. The summed E-state index contributed by atoms with van der Waals surface area (Å²) in [7, 11) is 0. The number of hydrogen-bond donors (Lipinski definition) is 0. The number of nitrogens with zero attached hydrogens (tertiary/aromatic N) is 4. The Kier molecular flexibility index (Phi) is 4.23. The highest BCUT2D eigenvalue weighted by Crippen LogP contribution is 2.30. The third-order valence-corrected chi connectivity index (χ3v) is 3.67. The number of fused-ring (bicyclic) bond motifs is 1. The van der Waals surface area contributed by atoms with Gasteiger partial charge in [0.15, 0.2) is 0 Å². The molecule has 0 unspecified atom stereocenters. The molecule has 1 aliphatic carbocycles. The van der Waals surface area contributed by atoms with Crippen molar-refractivity contribution < 1.29 is 9.53 Å². The Hall–Kier alpha value is -1.26. The van der Waals surface area contributed by atoms with Gasteiger partial charge < -0.3 is 9.64 Å². The number of carbonyl (C=O) groups is 1. The normalized spacial score (nSPS) is 28.8. The molecule has 2 aliphatic rings. The molecule has 1 saturated heterocycles. The van der Waals surface area contributed by atoms with E-state index in [-0.39, 0.29) is 18.5 Å². The SMILES string of the molecule is [N-]=[N+]=NCC(=O)N1CCOC[C@H]2CCCC[C@H]21. The lowest BCUT2D eigenvalue weighted by molar-refractivity contribution is -0.133. The first-order valence-corrected chi connectivity index (χ1v) is 6.21. The molecule has 0 N–H and O–H groups in total. The maximum atomic E-state index is 12.0. The predicted octanol–water partition coefficient (Wildman–Crippen LogP) is 1.71. The van der Waals surface area contributed by atoms with Crippen LogP contribution in [0.25, 0.3) is 10.4 Å². The smallest absolute Gasteiger partial charge is 0.228 e. The molecule has 0 radical (unpaired) electrons. The summed E-state index contributed by atoms with van der Waals surface area (Å²) in [4.78, 5) is 16.5. The molecule has 0 aromatic rings. The molecule has 0 aromatic heterocycles. The van der Waals surface area contributed by atoms with Gasteiger partial charge in [0.2, 0.25) is 5.91 Å². The van der Waals surface area contributed by atoms with E-state index in [9.17, 15) is 4.79 Å². The van der Waals surface area contributed by atoms with E-state index in [1.807, 2.05) is 4.90 Å². The van der Waals surface area contributed by atoms with Crippen molar-refractivity contribution in [3.8, 4) is 0 Å². The Morgan fingerprint density at radius 1 is 1.47 bits per heavy atom. The minimum Gasteiger partial charge on any atom is -0.379 e. The highest BCUT2D eigenvalue weighted by Gasteiger charge is 2.34. The lowest BCUT2D eigenvalue weighted by atomic mass is 9.84. The number of carbonyl (C=O) groups excluding carboxylic acids is 1. The van der Waals surface area contributed by atoms with Crippen LogP contribution in [0.15, 0.2) is 5.11 Å². The van der Waals surface area contributed by atoms with E-state index >= 15 is 0 Å². The van der Waals surface area contributed by atoms with Crippen molar-refractivity contribution in [1.29, 1.82) is 0 Å². The number of azide groups is 1. The van der Waals surface area contributed by atoms with Gasteiger partial charge in [-0.2, -0.15) is 0 Å². The zero-order valence-corrected chi connectivity index (χ0v) is 9.92. The molecule has 6 nitrogen and oxygen atoms in total. The van der Waals surface area contributed by atoms with Gasteiger partial charge >= 0.3 is 0 Å². The van der Waals surface area contributed by atoms with E-state index in [4.69, 9.17) is 10.3 Å². The van der Waals surface area contributed by atoms with Crippen molar-refractivity contribution in [2.75, 3.05) is 26.3 Å². The summed E-state index contributed by atoms with van der Waals surface area (Å²) in [5, 5.41) is 3.36. The fourth-order valence-corrected chi connectivity index (χ4v) is 2.85. The second-order valence-electron chi connectivity index (χ2n) is 4.66. The largest absolute Gasteiger partial charge is 0.379 e. The molecule has 2 atom stereocenters. The van der Waals surface area contributed by atoms with Crippen LogP contribution >= 0.6 is 0 Å². The van der Waals surface area contributed by atoms with Gasteiger partial charge in [0.25, 0.3) is 0 Å². The van der Waals surface area contributed by atoms with Gasteiger partial charge in [0.05, 0.1) is 13.2 Å². The molecule has 1 aliphatic heterocycles. The Morgan fingerprint density at radius 3 is 3.12 bits per heavy atom. The van der Waals surface area contributed by atoms with Crippen molar-refractivity contribution in [2.45, 2.75) is 31.7 Å². The van der Waals surface area contributed by atoms with E-state index in [0.29, 0.717) is 19.1 Å². The highest BCUT2D eigenvalue weighted by molar-refractivity contribution is 5.78. The topological polar surface area (TPSA) is 78.3 Å². The number of ether oxygens (including phenoxy) is 1. The van der Waals surface area contributed by atoms with Gasteiger partial charge in [-0.15, -0.1) is 0 Å². The van der Waals surface area contributed by atoms with E-state index < -0.39 is 0 Å². The summed E-state index contributed by atoms with van der Waals surface area (Å²) in [5.41, 5.74) is 8.26. The Labute approximate surface area is 101 Å². The monoisotopic (exact) mass is 238 g/mol. The maximum absolute atomic E-state index is 12.0. The van der Waals surface area contributed by atoms with Gasteiger partial charge in [-0.05, 0) is 18.4 Å². The molecular weight excluding hydrogens is 220 g/mol. The first kappa shape index (κ1) is 12.2. The van der Waals surface area contributed by atoms with Crippen LogP contribution in [0.1, 0.15) is 25.7 Å². The summed E-state index contributed by atoms with van der Waals surface area (Å²) in [6, 6.07) is 0.285. The zero-order valence-electron chi connectivity index (χ0n) is 9.92. The van der Waals surface area contributed by atoms with Gasteiger partial charge in [0, 0.05) is 23.4 Å². The minimum atomic E-state index is -0.0697. The van der Waals surface area contributed by atoms with Crippen molar-refractivity contribution in [1.82, 2.24) is 4.90 Å². The van der Waals surface area contributed by atoms with Crippen LogP contribution in [0.2, 0.25) is 0 Å². The van der Waals surface area contributed by atoms with Gasteiger partial charge in [-0.3, -0.25) is 4.79 Å². The lowest BCUT2D eigenvalue weighted by Crippen LogP contribution is -2.47. The van der Waals surface area contributed by atoms with E-state index in [1.54, 1.807) is 0 Å². The van der Waals surface area contributed by atoms with Crippen molar-refractivity contribution >= 4 is 5.91 Å². The van der Waals surface area contributed by atoms with Crippen molar-refractivity contribution in [3.63, 3.8) is 0 Å². The van der Waals surface area contributed by atoms with Gasteiger partial charge in [-0.1, -0.05) is 18.0 Å². The van der Waals surface area contributed by atoms with Crippen LogP contribution in [0.3, 0.4) is 0 Å². The van der Waals surface area contributed by atoms with Crippen molar-refractivity contribution in [2.24, 2.45) is 11.0 Å². The molecule has 17 heavy (non-hydrogen) atoms. The van der Waals surface area contributed by atoms with Crippen LogP contribution in [0.4, 0.5) is 0 Å². The average Bonchev–Trinajstić information content (AvgIpc) is 2.58.